The molecule has 0 aliphatic carbocycles. The summed E-state index contributed by atoms with van der Waals surface area (Å²) in [7, 11) is 1.61. The minimum atomic E-state index is -0.696. The summed E-state index contributed by atoms with van der Waals surface area (Å²) in [4.78, 5) is 29.2. The molecule has 0 saturated heterocycles. The second kappa shape index (κ2) is 11.4. The van der Waals surface area contributed by atoms with Crippen LogP contribution in [0.15, 0.2) is 23.0 Å². The Morgan fingerprint density at radius 3 is 2.80 bits per heavy atom. The Balaban J connectivity index is 2.39. The van der Waals surface area contributed by atoms with Crippen LogP contribution in [0.1, 0.15) is 6.92 Å². The summed E-state index contributed by atoms with van der Waals surface area (Å²) in [6.45, 7) is 2.94. The molecule has 0 fully saturated rings. The number of aromatic nitrogens is 2. The number of hydrogen-bond acceptors (Lipinski definition) is 9. The lowest BCUT2D eigenvalue weighted by atomic mass is 10.3. The number of carbonyl (C=O) groups excluding carboxylic acids is 1. The van der Waals surface area contributed by atoms with E-state index >= 15 is 0 Å². The molecule has 0 aliphatic rings. The van der Waals surface area contributed by atoms with Gasteiger partial charge in [-0.25, -0.2) is 4.98 Å². The number of nitriles is 2. The number of carbonyl (C=O) groups is 1. The van der Waals surface area contributed by atoms with Crippen molar-refractivity contribution in [2.45, 2.75) is 13.5 Å². The summed E-state index contributed by atoms with van der Waals surface area (Å²) >= 11 is 1.01. The maximum absolute atomic E-state index is 12.7. The molecule has 0 saturated carbocycles. The van der Waals surface area contributed by atoms with Crippen LogP contribution in [0.25, 0.3) is 11.8 Å². The van der Waals surface area contributed by atoms with Crippen molar-refractivity contribution in [3.05, 3.63) is 37.7 Å². The fourth-order valence-corrected chi connectivity index (χ4v) is 3.52. The fraction of sp³-hybridized carbons (Fsp3) is 0.316. The van der Waals surface area contributed by atoms with Crippen LogP contribution in [0, 0.1) is 22.7 Å². The van der Waals surface area contributed by atoms with Gasteiger partial charge in [-0.3, -0.25) is 14.2 Å². The molecule has 0 unspecified atom stereocenters. The van der Waals surface area contributed by atoms with Crippen molar-refractivity contribution < 1.29 is 9.53 Å². The minimum Gasteiger partial charge on any atom is -0.383 e. The van der Waals surface area contributed by atoms with Crippen LogP contribution in [0.5, 0.6) is 0 Å². The normalized spacial score (nSPS) is 11.9. The van der Waals surface area contributed by atoms with E-state index < -0.39 is 5.91 Å². The molecule has 0 bridgehead atoms. The molecule has 2 heterocycles. The highest BCUT2D eigenvalue weighted by atomic mass is 32.1. The van der Waals surface area contributed by atoms with E-state index in [0.717, 1.165) is 11.3 Å². The molecule has 0 spiro atoms. The number of nitrogens with one attached hydrogen (secondary N) is 3. The largest absolute Gasteiger partial charge is 0.383 e. The van der Waals surface area contributed by atoms with E-state index in [-0.39, 0.29) is 28.9 Å². The van der Waals surface area contributed by atoms with Gasteiger partial charge < -0.3 is 20.7 Å². The van der Waals surface area contributed by atoms with Gasteiger partial charge >= 0.3 is 0 Å². The number of hydrogen-bond donors (Lipinski definition) is 3. The molecule has 0 aliphatic heterocycles. The highest BCUT2D eigenvalue weighted by molar-refractivity contribution is 7.07. The molecular formula is C19H21N7O3S. The van der Waals surface area contributed by atoms with Crippen molar-refractivity contribution in [2.75, 3.05) is 37.4 Å². The first-order valence-corrected chi connectivity index (χ1v) is 9.83. The first-order chi connectivity index (χ1) is 14.5. The monoisotopic (exact) mass is 427 g/mol. The molecule has 11 heteroatoms. The number of rotatable bonds is 9. The van der Waals surface area contributed by atoms with Crippen LogP contribution < -0.4 is 30.7 Å². The number of pyridine rings is 1. The predicted octanol–water partition coefficient (Wildman–Crippen LogP) is -0.453. The maximum atomic E-state index is 12.7. The van der Waals surface area contributed by atoms with E-state index in [1.165, 1.54) is 10.8 Å². The lowest BCUT2D eigenvalue weighted by Crippen LogP contribution is -2.34. The SMILES string of the molecule is CCn1c(=C(C#N)C(=O)NCC#N)sc(=CNc2cccc(NCCOC)n2)c1=O. The number of thiazole rings is 1. The third kappa shape index (κ3) is 5.67. The van der Waals surface area contributed by atoms with Gasteiger partial charge in [-0.1, -0.05) is 6.07 Å². The van der Waals surface area contributed by atoms with E-state index in [2.05, 4.69) is 20.9 Å². The van der Waals surface area contributed by atoms with Crippen molar-refractivity contribution >= 4 is 40.7 Å². The molecule has 0 atom stereocenters. The third-order valence-electron chi connectivity index (χ3n) is 3.82. The van der Waals surface area contributed by atoms with Crippen LogP contribution in [0.3, 0.4) is 0 Å². The van der Waals surface area contributed by atoms with Gasteiger partial charge in [0.1, 0.15) is 33.4 Å². The first kappa shape index (κ1) is 22.6. The number of amides is 1. The third-order valence-corrected chi connectivity index (χ3v) is 4.95. The molecule has 10 nitrogen and oxygen atoms in total. The fourth-order valence-electron chi connectivity index (χ4n) is 2.43. The van der Waals surface area contributed by atoms with E-state index in [0.29, 0.717) is 29.3 Å². The molecule has 2 aromatic rings. The summed E-state index contributed by atoms with van der Waals surface area (Å²) in [6, 6.07) is 8.97. The Hall–Kier alpha value is -3.67. The van der Waals surface area contributed by atoms with Gasteiger partial charge in [0, 0.05) is 26.4 Å². The Morgan fingerprint density at radius 1 is 1.37 bits per heavy atom. The highest BCUT2D eigenvalue weighted by Gasteiger charge is 2.14. The van der Waals surface area contributed by atoms with Gasteiger partial charge in [0.15, 0.2) is 5.57 Å². The zero-order valence-corrected chi connectivity index (χ0v) is 17.4. The number of ether oxygens (including phenoxy) is 1. The lowest BCUT2D eigenvalue weighted by molar-refractivity contribution is -0.115. The molecule has 0 aromatic carbocycles. The topological polar surface area (TPSA) is 145 Å². The van der Waals surface area contributed by atoms with Crippen LogP contribution in [-0.4, -0.2) is 42.3 Å². The zero-order valence-electron chi connectivity index (χ0n) is 16.6. The smallest absolute Gasteiger partial charge is 0.270 e. The van der Waals surface area contributed by atoms with E-state index in [1.807, 2.05) is 18.2 Å². The summed E-state index contributed by atoms with van der Waals surface area (Å²) in [6.07, 6.45) is 1.49. The standard InChI is InChI=1S/C19H21N7O3S/c1-3-26-18(28)14(30-19(26)13(11-21)17(27)23-8-7-20)12-24-16-6-4-5-15(25-16)22-9-10-29-2/h4-6,12H,3,8-10H2,1-2H3,(H,23,27)(H2,22,24,25). The second-order valence-corrected chi connectivity index (χ2v) is 6.80. The van der Waals surface area contributed by atoms with Gasteiger partial charge in [0.25, 0.3) is 11.5 Å². The lowest BCUT2D eigenvalue weighted by Gasteiger charge is -2.06. The van der Waals surface area contributed by atoms with Crippen LogP contribution in [0.2, 0.25) is 0 Å². The Bertz CT molecular complexity index is 1150. The van der Waals surface area contributed by atoms with Gasteiger partial charge in [-0.2, -0.15) is 10.5 Å². The molecular weight excluding hydrogens is 406 g/mol. The van der Waals surface area contributed by atoms with E-state index in [9.17, 15) is 14.9 Å². The van der Waals surface area contributed by atoms with Gasteiger partial charge in [-0.15, -0.1) is 11.3 Å². The van der Waals surface area contributed by atoms with Crippen molar-refractivity contribution in [1.82, 2.24) is 14.9 Å². The van der Waals surface area contributed by atoms with Crippen molar-refractivity contribution in [3.63, 3.8) is 0 Å². The Labute approximate surface area is 176 Å². The van der Waals surface area contributed by atoms with Gasteiger partial charge in [0.05, 0.1) is 12.7 Å². The van der Waals surface area contributed by atoms with E-state index in [4.69, 9.17) is 10.00 Å². The number of methoxy groups -OCH3 is 1. The summed E-state index contributed by atoms with van der Waals surface area (Å²) in [5, 5.41) is 26.4. The predicted molar refractivity (Wildman–Crippen MR) is 114 cm³/mol. The van der Waals surface area contributed by atoms with Crippen molar-refractivity contribution in [2.24, 2.45) is 0 Å². The second-order valence-electron chi connectivity index (χ2n) is 5.76. The Morgan fingerprint density at radius 2 is 2.13 bits per heavy atom. The molecule has 156 valence electrons. The maximum Gasteiger partial charge on any atom is 0.270 e. The van der Waals surface area contributed by atoms with Crippen molar-refractivity contribution in [1.29, 1.82) is 10.5 Å². The van der Waals surface area contributed by atoms with E-state index in [1.54, 1.807) is 26.2 Å². The zero-order chi connectivity index (χ0) is 21.9. The minimum absolute atomic E-state index is 0.212. The average molecular weight is 427 g/mol. The summed E-state index contributed by atoms with van der Waals surface area (Å²) in [5.41, 5.74) is -0.545. The first-order valence-electron chi connectivity index (χ1n) is 9.01. The quantitative estimate of drug-likeness (QED) is 0.360. The van der Waals surface area contributed by atoms with Crippen molar-refractivity contribution in [3.8, 4) is 12.1 Å². The molecule has 3 N–H and O–H groups in total. The van der Waals surface area contributed by atoms with Crippen LogP contribution in [-0.2, 0) is 16.1 Å². The van der Waals surface area contributed by atoms with Crippen LogP contribution in [0.4, 0.5) is 11.6 Å². The molecule has 2 rings (SSSR count). The summed E-state index contributed by atoms with van der Waals surface area (Å²) < 4.78 is 6.88. The number of anilines is 2. The van der Waals surface area contributed by atoms with Gasteiger partial charge in [0.2, 0.25) is 0 Å². The molecule has 1 amide bonds. The molecule has 30 heavy (non-hydrogen) atoms. The molecule has 2 aromatic heterocycles. The van der Waals surface area contributed by atoms with Crippen LogP contribution >= 0.6 is 11.3 Å². The van der Waals surface area contributed by atoms with Gasteiger partial charge in [-0.05, 0) is 19.1 Å². The highest BCUT2D eigenvalue weighted by Crippen LogP contribution is 2.08. The summed E-state index contributed by atoms with van der Waals surface area (Å²) in [5.74, 6) is 0.474. The number of nitrogens with zero attached hydrogens (tertiary/aromatic N) is 4. The Kier molecular flexibility index (Phi) is 8.56. The average Bonchev–Trinajstić information content (AvgIpc) is 3.06. The molecule has 0 radical (unpaired) electrons.